The Morgan fingerprint density at radius 2 is 2.03 bits per heavy atom. The molecule has 148 valence electrons. The zero-order chi connectivity index (χ0) is 20.0. The maximum atomic E-state index is 13.1. The number of nitrogens with one attached hydrogen (secondary N) is 1. The van der Waals surface area contributed by atoms with E-state index in [-0.39, 0.29) is 23.1 Å². The van der Waals surface area contributed by atoms with Crippen molar-refractivity contribution >= 4 is 5.91 Å². The van der Waals surface area contributed by atoms with Crippen LogP contribution in [0.25, 0.3) is 0 Å². The fourth-order valence-electron chi connectivity index (χ4n) is 4.51. The first-order chi connectivity index (χ1) is 14.1. The average Bonchev–Trinajstić information content (AvgIpc) is 3.34. The smallest absolute Gasteiger partial charge is 0.261 e. The summed E-state index contributed by atoms with van der Waals surface area (Å²) < 4.78 is 2.13. The van der Waals surface area contributed by atoms with Crippen LogP contribution in [0.2, 0.25) is 0 Å². The first kappa shape index (κ1) is 17.8. The molecule has 0 spiro atoms. The van der Waals surface area contributed by atoms with E-state index in [2.05, 4.69) is 38.8 Å². The Bertz CT molecular complexity index is 1130. The number of pyridine rings is 1. The van der Waals surface area contributed by atoms with Crippen LogP contribution >= 0.6 is 0 Å². The maximum Gasteiger partial charge on any atom is 0.261 e. The van der Waals surface area contributed by atoms with Gasteiger partial charge in [0.25, 0.3) is 11.5 Å². The third kappa shape index (κ3) is 3.16. The summed E-state index contributed by atoms with van der Waals surface area (Å²) in [6.07, 6.45) is 3.53. The van der Waals surface area contributed by atoms with Crippen molar-refractivity contribution < 1.29 is 4.79 Å². The lowest BCUT2D eigenvalue weighted by Crippen LogP contribution is -2.42. The van der Waals surface area contributed by atoms with Crippen LogP contribution in [0, 0.1) is 0 Å². The Morgan fingerprint density at radius 3 is 2.86 bits per heavy atom. The van der Waals surface area contributed by atoms with Crippen LogP contribution in [0.1, 0.15) is 58.2 Å². The minimum Gasteiger partial charge on any atom is -0.329 e. The summed E-state index contributed by atoms with van der Waals surface area (Å²) in [6, 6.07) is 12.0. The first-order valence-electron chi connectivity index (χ1n) is 10.1. The molecule has 0 fully saturated rings. The van der Waals surface area contributed by atoms with E-state index < -0.39 is 0 Å². The molecule has 1 N–H and O–H groups in total. The highest BCUT2D eigenvalue weighted by atomic mass is 16.2. The molecule has 1 aliphatic heterocycles. The number of hydrogen-bond acceptors (Lipinski definition) is 4. The molecule has 7 heteroatoms. The van der Waals surface area contributed by atoms with E-state index in [0.29, 0.717) is 19.5 Å². The Morgan fingerprint density at radius 1 is 1.21 bits per heavy atom. The molecule has 1 atom stereocenters. The number of amides is 1. The van der Waals surface area contributed by atoms with Crippen LogP contribution in [0.4, 0.5) is 0 Å². The van der Waals surface area contributed by atoms with Gasteiger partial charge >= 0.3 is 0 Å². The van der Waals surface area contributed by atoms with E-state index in [1.54, 1.807) is 11.0 Å². The highest BCUT2D eigenvalue weighted by Crippen LogP contribution is 2.25. The van der Waals surface area contributed by atoms with Gasteiger partial charge in [0.15, 0.2) is 5.82 Å². The van der Waals surface area contributed by atoms with E-state index in [0.717, 1.165) is 42.2 Å². The van der Waals surface area contributed by atoms with Crippen molar-refractivity contribution in [1.82, 2.24) is 24.6 Å². The third-order valence-electron chi connectivity index (χ3n) is 5.91. The molecule has 1 aromatic carbocycles. The van der Waals surface area contributed by atoms with Gasteiger partial charge in [-0.1, -0.05) is 30.3 Å². The molecule has 1 amide bonds. The molecule has 0 bridgehead atoms. The van der Waals surface area contributed by atoms with Gasteiger partial charge in [-0.15, -0.1) is 10.2 Å². The van der Waals surface area contributed by atoms with Gasteiger partial charge in [-0.25, -0.2) is 0 Å². The van der Waals surface area contributed by atoms with Crippen molar-refractivity contribution in [3.8, 4) is 0 Å². The lowest BCUT2D eigenvalue weighted by molar-refractivity contribution is 0.0678. The van der Waals surface area contributed by atoms with Gasteiger partial charge in [-0.2, -0.15) is 0 Å². The van der Waals surface area contributed by atoms with E-state index in [4.69, 9.17) is 0 Å². The van der Waals surface area contributed by atoms with E-state index in [1.807, 2.05) is 18.2 Å². The van der Waals surface area contributed by atoms with Gasteiger partial charge in [-0.05, 0) is 43.4 Å². The molecular formula is C22H23N5O2. The molecule has 0 saturated carbocycles. The topological polar surface area (TPSA) is 83.9 Å². The molecule has 2 aromatic heterocycles. The van der Waals surface area contributed by atoms with Crippen LogP contribution in [-0.4, -0.2) is 37.1 Å². The Labute approximate surface area is 168 Å². The molecule has 7 nitrogen and oxygen atoms in total. The number of rotatable bonds is 3. The molecule has 0 saturated heterocycles. The maximum absolute atomic E-state index is 13.1. The molecule has 5 rings (SSSR count). The second-order valence-corrected chi connectivity index (χ2v) is 7.97. The van der Waals surface area contributed by atoms with Gasteiger partial charge in [0.05, 0.1) is 12.6 Å². The minimum absolute atomic E-state index is 0.0462. The highest BCUT2D eigenvalue weighted by molar-refractivity contribution is 5.94. The summed E-state index contributed by atoms with van der Waals surface area (Å²) >= 11 is 0. The summed E-state index contributed by atoms with van der Waals surface area (Å²) in [5, 5.41) is 8.72. The van der Waals surface area contributed by atoms with E-state index in [9.17, 15) is 9.59 Å². The Balaban J connectivity index is 1.41. The highest BCUT2D eigenvalue weighted by Gasteiger charge is 2.31. The third-order valence-corrected chi connectivity index (χ3v) is 5.91. The lowest BCUT2D eigenvalue weighted by Gasteiger charge is -2.32. The zero-order valence-electron chi connectivity index (χ0n) is 16.4. The molecule has 0 radical (unpaired) electrons. The predicted molar refractivity (Wildman–Crippen MR) is 108 cm³/mol. The number of aryl methyl sites for hydroxylation is 2. The molecule has 0 unspecified atom stereocenters. The average molecular weight is 389 g/mol. The molecule has 2 aliphatic rings. The number of nitrogens with zero attached hydrogens (tertiary/aromatic N) is 4. The van der Waals surface area contributed by atoms with E-state index >= 15 is 0 Å². The molecule has 3 aromatic rings. The van der Waals surface area contributed by atoms with Gasteiger partial charge in [0.1, 0.15) is 11.4 Å². The van der Waals surface area contributed by atoms with E-state index in [1.165, 1.54) is 5.56 Å². The monoisotopic (exact) mass is 389 g/mol. The standard InChI is InChI=1S/C22H23N5O2/c1-14-12-26(22(29)17-11-16-8-5-9-18(16)23-21(17)28)13-20-25-24-19(27(14)20)10-15-6-3-2-4-7-15/h2-4,6-7,11,14H,5,8-10,12-13H2,1H3,(H,23,28)/t14-/m0/s1. The van der Waals surface area contributed by atoms with Crippen LogP contribution in [0.5, 0.6) is 0 Å². The number of benzene rings is 1. The lowest BCUT2D eigenvalue weighted by atomic mass is 10.1. The largest absolute Gasteiger partial charge is 0.329 e. The van der Waals surface area contributed by atoms with Gasteiger partial charge in [0, 0.05) is 18.7 Å². The van der Waals surface area contributed by atoms with Crippen molar-refractivity contribution in [2.75, 3.05) is 6.54 Å². The number of aromatic nitrogens is 4. The van der Waals surface area contributed by atoms with Crippen LogP contribution in [0.15, 0.2) is 41.2 Å². The second kappa shape index (κ2) is 6.99. The second-order valence-electron chi connectivity index (χ2n) is 7.97. The van der Waals surface area contributed by atoms with Crippen LogP contribution in [0.3, 0.4) is 0 Å². The summed E-state index contributed by atoms with van der Waals surface area (Å²) in [5.74, 6) is 1.44. The van der Waals surface area contributed by atoms with Gasteiger partial charge in [0.2, 0.25) is 0 Å². The predicted octanol–water partition coefficient (Wildman–Crippen LogP) is 2.26. The van der Waals surface area contributed by atoms with Crippen LogP contribution < -0.4 is 5.56 Å². The van der Waals surface area contributed by atoms with Crippen molar-refractivity contribution in [3.05, 3.63) is 80.8 Å². The summed E-state index contributed by atoms with van der Waals surface area (Å²) in [7, 11) is 0. The van der Waals surface area contributed by atoms with Crippen molar-refractivity contribution in [2.24, 2.45) is 0 Å². The summed E-state index contributed by atoms with van der Waals surface area (Å²) in [6.45, 7) is 2.96. The normalized spacial score (nSPS) is 17.8. The molecule has 29 heavy (non-hydrogen) atoms. The minimum atomic E-state index is -0.292. The fourth-order valence-corrected chi connectivity index (χ4v) is 4.51. The zero-order valence-corrected chi connectivity index (χ0v) is 16.4. The molecule has 1 aliphatic carbocycles. The SMILES string of the molecule is C[C@H]1CN(C(=O)c2cc3c([nH]c2=O)CCC3)Cc2nnc(Cc3ccccc3)n21. The Kier molecular flexibility index (Phi) is 4.30. The molecular weight excluding hydrogens is 366 g/mol. The first-order valence-corrected chi connectivity index (χ1v) is 10.1. The quantitative estimate of drug-likeness (QED) is 0.745. The number of H-pyrrole nitrogens is 1. The fraction of sp³-hybridized carbons (Fsp3) is 0.364. The molecule has 3 heterocycles. The van der Waals surface area contributed by atoms with Gasteiger partial charge in [-0.3, -0.25) is 9.59 Å². The number of carbonyl (C=O) groups excluding carboxylic acids is 1. The number of fused-ring (bicyclic) bond motifs is 2. The van der Waals surface area contributed by atoms with Crippen molar-refractivity contribution in [2.45, 2.75) is 45.2 Å². The number of aromatic amines is 1. The van der Waals surface area contributed by atoms with Crippen molar-refractivity contribution in [1.29, 1.82) is 0 Å². The Hall–Kier alpha value is -3.22. The van der Waals surface area contributed by atoms with Gasteiger partial charge < -0.3 is 14.5 Å². The number of hydrogen-bond donors (Lipinski definition) is 1. The summed E-state index contributed by atoms with van der Waals surface area (Å²) in [5.41, 5.74) is 3.18. The van der Waals surface area contributed by atoms with Crippen molar-refractivity contribution in [3.63, 3.8) is 0 Å². The number of carbonyl (C=O) groups is 1. The van der Waals surface area contributed by atoms with Crippen LogP contribution in [-0.2, 0) is 25.8 Å². The summed E-state index contributed by atoms with van der Waals surface area (Å²) in [4.78, 5) is 30.2.